The molecule has 0 fully saturated rings. The van der Waals surface area contributed by atoms with Crippen molar-refractivity contribution in [3.05, 3.63) is 24.3 Å². The largest absolute Gasteiger partial charge is 0.499 e. The summed E-state index contributed by atoms with van der Waals surface area (Å²) in [6, 6.07) is 7.70. The highest BCUT2D eigenvalue weighted by atomic mass is 28.4. The molecule has 1 aromatic carbocycles. The van der Waals surface area contributed by atoms with Gasteiger partial charge in [0.05, 0.1) is 0 Å². The van der Waals surface area contributed by atoms with Crippen LogP contribution in [-0.4, -0.2) is 41.0 Å². The number of unbranched alkanes of at least 4 members (excludes halogenated alkanes) is 2. The van der Waals surface area contributed by atoms with Crippen LogP contribution in [0.4, 0.5) is 0 Å². The van der Waals surface area contributed by atoms with Crippen molar-refractivity contribution in [2.24, 2.45) is 0 Å². The monoisotopic (exact) mass is 482 g/mol. The molecule has 0 N–H and O–H groups in total. The Balaban J connectivity index is 3.54. The lowest BCUT2D eigenvalue weighted by Crippen LogP contribution is -2.58. The molecule has 1 aromatic rings. The van der Waals surface area contributed by atoms with Gasteiger partial charge in [-0.25, -0.2) is 0 Å². The molecule has 0 aliphatic rings. The summed E-state index contributed by atoms with van der Waals surface area (Å²) in [6.07, 6.45) is 3.10. The molecule has 1 rings (SSSR count). The second-order valence-electron chi connectivity index (χ2n) is 7.66. The first-order valence-electron chi connectivity index (χ1n) is 10.9. The maximum Gasteiger partial charge on any atom is 0.499 e. The van der Waals surface area contributed by atoms with Crippen molar-refractivity contribution >= 4 is 51.4 Å². The van der Waals surface area contributed by atoms with Gasteiger partial charge in [0.15, 0.2) is 0 Å². The molecule has 10 heteroatoms. The molecule has 0 aliphatic carbocycles. The van der Waals surface area contributed by atoms with Crippen LogP contribution in [0.15, 0.2) is 24.3 Å². The molecule has 0 amide bonds. The van der Waals surface area contributed by atoms with Crippen LogP contribution in [0, 0.1) is 0 Å². The molecule has 0 saturated heterocycles. The lowest BCUT2D eigenvalue weighted by molar-refractivity contribution is -0.140. The lowest BCUT2D eigenvalue weighted by atomic mass is 10.4. The Labute approximate surface area is 192 Å². The van der Waals surface area contributed by atoms with E-state index < -0.39 is 41.0 Å². The van der Waals surface area contributed by atoms with Gasteiger partial charge in [-0.05, 0) is 12.8 Å². The van der Waals surface area contributed by atoms with E-state index in [2.05, 4.69) is 0 Å². The van der Waals surface area contributed by atoms with Crippen molar-refractivity contribution in [1.82, 2.24) is 0 Å². The van der Waals surface area contributed by atoms with Gasteiger partial charge in [0.2, 0.25) is 0 Å². The van der Waals surface area contributed by atoms with Crippen LogP contribution >= 0.6 is 0 Å². The molecule has 0 radical (unpaired) electrons. The molecule has 178 valence electrons. The highest BCUT2D eigenvalue weighted by Crippen LogP contribution is 2.21. The van der Waals surface area contributed by atoms with E-state index in [1.54, 1.807) is 24.3 Å². The summed E-state index contributed by atoms with van der Waals surface area (Å²) in [5, 5.41) is 1.20. The average Bonchev–Trinajstić information content (AvgIpc) is 2.68. The van der Waals surface area contributed by atoms with Crippen molar-refractivity contribution in [3.63, 3.8) is 0 Å². The van der Waals surface area contributed by atoms with E-state index in [1.165, 1.54) is 27.7 Å². The number of carbonyl (C=O) groups excluding carboxylic acids is 4. The Bertz CT molecular complexity index is 708. The van der Waals surface area contributed by atoms with E-state index in [4.69, 9.17) is 17.7 Å². The standard InChI is InChI=1S/C22H34O8Si2/c1-7-9-15-31(27-17(3)23,28-18(4)24)21-11-13-22(14-12-21)32(16-10-8-2,29-19(5)25)30-20(6)26/h11-14H,7-10,15-16H2,1-6H3. The van der Waals surface area contributed by atoms with Gasteiger partial charge in [-0.1, -0.05) is 51.0 Å². The topological polar surface area (TPSA) is 105 Å². The van der Waals surface area contributed by atoms with Crippen LogP contribution in [0.25, 0.3) is 0 Å². The zero-order valence-corrected chi connectivity index (χ0v) is 21.8. The smallest absolute Gasteiger partial charge is 0.482 e. The molecule has 0 unspecified atom stereocenters. The predicted molar refractivity (Wildman–Crippen MR) is 124 cm³/mol. The third-order valence-electron chi connectivity index (χ3n) is 4.72. The second-order valence-corrected chi connectivity index (χ2v) is 13.6. The number of hydrogen-bond acceptors (Lipinski definition) is 8. The fourth-order valence-corrected chi connectivity index (χ4v) is 9.88. The highest BCUT2D eigenvalue weighted by molar-refractivity contribution is 6.85. The molecule has 0 saturated carbocycles. The van der Waals surface area contributed by atoms with Crippen LogP contribution in [0.5, 0.6) is 0 Å². The maximum absolute atomic E-state index is 11.9. The number of carbonyl (C=O) groups is 4. The predicted octanol–water partition coefficient (Wildman–Crippen LogP) is 2.84. The minimum Gasteiger partial charge on any atom is -0.482 e. The van der Waals surface area contributed by atoms with Gasteiger partial charge in [0, 0.05) is 50.2 Å². The fraction of sp³-hybridized carbons (Fsp3) is 0.545. The SMILES string of the molecule is CCCC[Si](OC(C)=O)(OC(C)=O)c1ccc([Si](CCCC)(OC(C)=O)OC(C)=O)cc1. The van der Waals surface area contributed by atoms with Crippen molar-refractivity contribution in [1.29, 1.82) is 0 Å². The zero-order chi connectivity index (χ0) is 24.4. The van der Waals surface area contributed by atoms with Crippen LogP contribution in [0.1, 0.15) is 67.2 Å². The highest BCUT2D eigenvalue weighted by Gasteiger charge is 2.49. The van der Waals surface area contributed by atoms with Gasteiger partial charge in [0.25, 0.3) is 23.9 Å². The Hall–Kier alpha value is -2.47. The van der Waals surface area contributed by atoms with E-state index in [-0.39, 0.29) is 0 Å². The van der Waals surface area contributed by atoms with Gasteiger partial charge in [-0.3, -0.25) is 19.2 Å². The van der Waals surface area contributed by atoms with Crippen LogP contribution < -0.4 is 10.4 Å². The first kappa shape index (κ1) is 27.6. The van der Waals surface area contributed by atoms with E-state index in [0.29, 0.717) is 35.3 Å². The molecular formula is C22H34O8Si2. The first-order chi connectivity index (χ1) is 15.0. The Morgan fingerprint density at radius 2 is 0.844 bits per heavy atom. The molecule has 0 bridgehead atoms. The Morgan fingerprint density at radius 3 is 1.03 bits per heavy atom. The molecule has 0 spiro atoms. The summed E-state index contributed by atoms with van der Waals surface area (Å²) >= 11 is 0. The first-order valence-corrected chi connectivity index (χ1v) is 14.9. The third kappa shape index (κ3) is 7.90. The van der Waals surface area contributed by atoms with Crippen molar-refractivity contribution < 1.29 is 36.9 Å². The molecule has 0 heterocycles. The number of rotatable bonds is 12. The van der Waals surface area contributed by atoms with Gasteiger partial charge in [-0.2, -0.15) is 0 Å². The van der Waals surface area contributed by atoms with Crippen LogP contribution in [-0.2, 0) is 36.9 Å². The zero-order valence-electron chi connectivity index (χ0n) is 19.8. The molecule has 0 aromatic heterocycles. The Kier molecular flexibility index (Phi) is 10.8. The van der Waals surface area contributed by atoms with Crippen LogP contribution in [0.3, 0.4) is 0 Å². The summed E-state index contributed by atoms with van der Waals surface area (Å²) < 4.78 is 22.6. The third-order valence-corrected chi connectivity index (χ3v) is 11.6. The summed E-state index contributed by atoms with van der Waals surface area (Å²) in [5.74, 6) is -2.09. The normalized spacial score (nSPS) is 11.4. The quantitative estimate of drug-likeness (QED) is 0.419. The maximum atomic E-state index is 11.9. The molecule has 32 heavy (non-hydrogen) atoms. The molecule has 0 aliphatic heterocycles. The van der Waals surface area contributed by atoms with Gasteiger partial charge >= 0.3 is 17.1 Å². The molecule has 0 atom stereocenters. The van der Waals surface area contributed by atoms with E-state index >= 15 is 0 Å². The van der Waals surface area contributed by atoms with E-state index in [1.807, 2.05) is 13.8 Å². The van der Waals surface area contributed by atoms with Gasteiger partial charge in [0.1, 0.15) is 0 Å². The van der Waals surface area contributed by atoms with Gasteiger partial charge < -0.3 is 17.7 Å². The van der Waals surface area contributed by atoms with Crippen LogP contribution in [0.2, 0.25) is 12.1 Å². The Morgan fingerprint density at radius 1 is 0.594 bits per heavy atom. The van der Waals surface area contributed by atoms with Crippen molar-refractivity contribution in [3.8, 4) is 0 Å². The average molecular weight is 483 g/mol. The number of benzene rings is 1. The molecular weight excluding hydrogens is 448 g/mol. The van der Waals surface area contributed by atoms with E-state index in [9.17, 15) is 19.2 Å². The summed E-state index contributed by atoms with van der Waals surface area (Å²) in [4.78, 5) is 47.5. The number of hydrogen-bond donors (Lipinski definition) is 0. The van der Waals surface area contributed by atoms with E-state index in [0.717, 1.165) is 12.8 Å². The van der Waals surface area contributed by atoms with Crippen molar-refractivity contribution in [2.45, 2.75) is 79.3 Å². The minimum atomic E-state index is -3.39. The summed E-state index contributed by atoms with van der Waals surface area (Å²) in [6.45, 7) is 9.14. The van der Waals surface area contributed by atoms with Gasteiger partial charge in [-0.15, -0.1) is 0 Å². The second kappa shape index (κ2) is 12.5. The summed E-state index contributed by atoms with van der Waals surface area (Å²) in [5.41, 5.74) is 0. The minimum absolute atomic E-state index is 0.425. The molecule has 8 nitrogen and oxygen atoms in total. The lowest BCUT2D eigenvalue weighted by Gasteiger charge is -2.31. The van der Waals surface area contributed by atoms with Crippen molar-refractivity contribution in [2.75, 3.05) is 0 Å². The summed E-state index contributed by atoms with van der Waals surface area (Å²) in [7, 11) is -6.78. The fourth-order valence-electron chi connectivity index (χ4n) is 3.50.